The van der Waals surface area contributed by atoms with Gasteiger partial charge in [0, 0.05) is 11.1 Å². The quantitative estimate of drug-likeness (QED) is 0.553. The van der Waals surface area contributed by atoms with Gasteiger partial charge in [-0.3, -0.25) is 4.79 Å². The molecule has 0 aliphatic heterocycles. The van der Waals surface area contributed by atoms with E-state index in [-0.39, 0.29) is 16.6 Å². The van der Waals surface area contributed by atoms with Crippen molar-refractivity contribution in [1.29, 1.82) is 0 Å². The fourth-order valence-electron chi connectivity index (χ4n) is 1.82. The fraction of sp³-hybridized carbons (Fsp3) is 0.643. The smallest absolute Gasteiger partial charge is 0.185 e. The number of halogens is 2. The average molecular weight is 364 g/mol. The maximum absolute atomic E-state index is 12.5. The molecule has 0 radical (unpaired) electrons. The van der Waals surface area contributed by atoms with E-state index in [1.165, 1.54) is 0 Å². The molecule has 0 saturated carbocycles. The van der Waals surface area contributed by atoms with Crippen LogP contribution in [0.5, 0.6) is 0 Å². The molecule has 1 nitrogen and oxygen atoms in total. The summed E-state index contributed by atoms with van der Waals surface area (Å²) in [5.74, 6) is 0.166. The molecule has 0 unspecified atom stereocenters. The van der Waals surface area contributed by atoms with E-state index in [4.69, 9.17) is 0 Å². The standard InChI is InChI=1S/C14H20Br2O/c1-12(2,3)9-7-14(15,16)8-10(11(9)17)13(4,5)6/h7-8H,1-6H3. The van der Waals surface area contributed by atoms with Crippen LogP contribution >= 0.6 is 31.9 Å². The molecule has 0 atom stereocenters. The number of hydrogen-bond donors (Lipinski definition) is 0. The highest BCUT2D eigenvalue weighted by atomic mass is 79.9. The van der Waals surface area contributed by atoms with E-state index in [9.17, 15) is 4.79 Å². The van der Waals surface area contributed by atoms with Gasteiger partial charge < -0.3 is 0 Å². The van der Waals surface area contributed by atoms with Crippen LogP contribution in [0.1, 0.15) is 41.5 Å². The lowest BCUT2D eigenvalue weighted by Crippen LogP contribution is -2.31. The van der Waals surface area contributed by atoms with E-state index in [0.717, 1.165) is 11.1 Å². The van der Waals surface area contributed by atoms with Crippen LogP contribution < -0.4 is 0 Å². The van der Waals surface area contributed by atoms with Crippen molar-refractivity contribution in [1.82, 2.24) is 0 Å². The van der Waals surface area contributed by atoms with Gasteiger partial charge in [-0.15, -0.1) is 0 Å². The first-order chi connectivity index (χ1) is 7.34. The zero-order chi connectivity index (χ0) is 13.6. The first kappa shape index (κ1) is 15.2. The van der Waals surface area contributed by atoms with Crippen molar-refractivity contribution < 1.29 is 4.79 Å². The molecule has 0 amide bonds. The summed E-state index contributed by atoms with van der Waals surface area (Å²) in [5, 5.41) is 0. The number of allylic oxidation sites excluding steroid dienone is 4. The summed E-state index contributed by atoms with van der Waals surface area (Å²) >= 11 is 7.19. The van der Waals surface area contributed by atoms with Crippen molar-refractivity contribution in [2.75, 3.05) is 0 Å². The summed E-state index contributed by atoms with van der Waals surface area (Å²) in [6.45, 7) is 12.4. The average Bonchev–Trinajstić information content (AvgIpc) is 2.04. The van der Waals surface area contributed by atoms with Crippen LogP contribution in [0.15, 0.2) is 23.3 Å². The van der Waals surface area contributed by atoms with Gasteiger partial charge in [-0.05, 0) is 23.0 Å². The van der Waals surface area contributed by atoms with Gasteiger partial charge in [0.25, 0.3) is 0 Å². The summed E-state index contributed by atoms with van der Waals surface area (Å²) in [4.78, 5) is 12.5. The van der Waals surface area contributed by atoms with Gasteiger partial charge in [0.05, 0.1) is 0 Å². The van der Waals surface area contributed by atoms with E-state index >= 15 is 0 Å². The van der Waals surface area contributed by atoms with Crippen molar-refractivity contribution in [3.05, 3.63) is 23.3 Å². The highest BCUT2D eigenvalue weighted by Gasteiger charge is 2.38. The summed E-state index contributed by atoms with van der Waals surface area (Å²) in [6, 6.07) is 0. The van der Waals surface area contributed by atoms with Gasteiger partial charge in [0.2, 0.25) is 0 Å². The van der Waals surface area contributed by atoms with Gasteiger partial charge in [-0.25, -0.2) is 0 Å². The van der Waals surface area contributed by atoms with Gasteiger partial charge in [0.1, 0.15) is 3.23 Å². The minimum Gasteiger partial charge on any atom is -0.289 e. The van der Waals surface area contributed by atoms with Crippen LogP contribution in [0.4, 0.5) is 0 Å². The Kier molecular flexibility index (Phi) is 3.87. The third-order valence-corrected chi connectivity index (χ3v) is 3.69. The number of hydrogen-bond acceptors (Lipinski definition) is 1. The molecule has 0 fully saturated rings. The third kappa shape index (κ3) is 3.54. The van der Waals surface area contributed by atoms with Crippen molar-refractivity contribution in [3.8, 4) is 0 Å². The lowest BCUT2D eigenvalue weighted by Gasteiger charge is -2.34. The van der Waals surface area contributed by atoms with Gasteiger partial charge >= 0.3 is 0 Å². The molecule has 0 aromatic heterocycles. The summed E-state index contributed by atoms with van der Waals surface area (Å²) < 4.78 is -0.404. The van der Waals surface area contributed by atoms with Gasteiger partial charge in [0.15, 0.2) is 5.78 Å². The first-order valence-electron chi connectivity index (χ1n) is 5.74. The molecule has 0 aromatic carbocycles. The molecule has 0 spiro atoms. The maximum Gasteiger partial charge on any atom is 0.185 e. The second-order valence-corrected chi connectivity index (χ2v) is 10.3. The highest BCUT2D eigenvalue weighted by molar-refractivity contribution is 9.25. The minimum absolute atomic E-state index is 0.144. The number of ketones is 1. The van der Waals surface area contributed by atoms with Crippen LogP contribution in [-0.2, 0) is 4.79 Å². The Morgan fingerprint density at radius 2 is 1.18 bits per heavy atom. The number of carbonyl (C=O) groups is 1. The Labute approximate surface area is 121 Å². The molecule has 96 valence electrons. The second-order valence-electron chi connectivity index (χ2n) is 6.62. The Balaban J connectivity index is 3.34. The lowest BCUT2D eigenvalue weighted by molar-refractivity contribution is -0.114. The molecule has 0 saturated heterocycles. The highest BCUT2D eigenvalue weighted by Crippen LogP contribution is 2.45. The number of Topliss-reactive ketones (excluding diaryl/α,β-unsaturated/α-hetero) is 1. The van der Waals surface area contributed by atoms with Crippen LogP contribution in [0.25, 0.3) is 0 Å². The zero-order valence-electron chi connectivity index (χ0n) is 11.3. The van der Waals surface area contributed by atoms with Crippen LogP contribution in [0.2, 0.25) is 0 Å². The monoisotopic (exact) mass is 362 g/mol. The van der Waals surface area contributed by atoms with E-state index in [1.807, 2.05) is 12.2 Å². The van der Waals surface area contributed by atoms with E-state index in [1.54, 1.807) is 0 Å². The minimum atomic E-state index is -0.404. The normalized spacial score (nSPS) is 21.1. The van der Waals surface area contributed by atoms with Crippen LogP contribution in [0.3, 0.4) is 0 Å². The van der Waals surface area contributed by atoms with Crippen molar-refractivity contribution in [2.45, 2.75) is 44.8 Å². The molecule has 3 heteroatoms. The SMILES string of the molecule is CC(C)(C)C1=CC(Br)(Br)C=C(C(C)(C)C)C1=O. The summed E-state index contributed by atoms with van der Waals surface area (Å²) in [6.07, 6.45) is 3.93. The predicted molar refractivity (Wildman–Crippen MR) is 80.7 cm³/mol. The largest absolute Gasteiger partial charge is 0.289 e. The third-order valence-electron chi connectivity index (χ3n) is 2.78. The predicted octanol–water partition coefficient (Wildman–Crippen LogP) is 5.00. The Hall–Kier alpha value is 0.110. The molecule has 1 aliphatic carbocycles. The molecule has 0 bridgehead atoms. The first-order valence-corrected chi connectivity index (χ1v) is 7.32. The Morgan fingerprint density at radius 1 is 0.882 bits per heavy atom. The van der Waals surface area contributed by atoms with E-state index in [2.05, 4.69) is 73.4 Å². The Bertz CT molecular complexity index is 365. The lowest BCUT2D eigenvalue weighted by atomic mass is 9.73. The molecule has 1 aliphatic rings. The molecule has 0 aromatic rings. The molecular formula is C14H20Br2O. The molecule has 0 heterocycles. The van der Waals surface area contributed by atoms with Gasteiger partial charge in [-0.2, -0.15) is 0 Å². The number of rotatable bonds is 0. The van der Waals surface area contributed by atoms with Crippen molar-refractivity contribution in [2.24, 2.45) is 10.8 Å². The molecule has 1 rings (SSSR count). The Morgan fingerprint density at radius 3 is 1.41 bits per heavy atom. The number of alkyl halides is 2. The molecule has 17 heavy (non-hydrogen) atoms. The summed E-state index contributed by atoms with van der Waals surface area (Å²) in [7, 11) is 0. The van der Waals surface area contributed by atoms with Crippen molar-refractivity contribution >= 4 is 37.6 Å². The number of carbonyl (C=O) groups excluding carboxylic acids is 1. The zero-order valence-corrected chi connectivity index (χ0v) is 14.5. The summed E-state index contributed by atoms with van der Waals surface area (Å²) in [5.41, 5.74) is 1.43. The maximum atomic E-state index is 12.5. The topological polar surface area (TPSA) is 17.1 Å². The van der Waals surface area contributed by atoms with E-state index in [0.29, 0.717) is 0 Å². The molecule has 0 N–H and O–H groups in total. The van der Waals surface area contributed by atoms with Crippen LogP contribution in [0, 0.1) is 10.8 Å². The van der Waals surface area contributed by atoms with E-state index < -0.39 is 3.23 Å². The fourth-order valence-corrected chi connectivity index (χ4v) is 2.73. The second kappa shape index (κ2) is 4.34. The van der Waals surface area contributed by atoms with Crippen molar-refractivity contribution in [3.63, 3.8) is 0 Å². The van der Waals surface area contributed by atoms with Crippen LogP contribution in [-0.4, -0.2) is 9.02 Å². The van der Waals surface area contributed by atoms with Gasteiger partial charge in [-0.1, -0.05) is 73.4 Å². The molecular weight excluding hydrogens is 344 g/mol.